The van der Waals surface area contributed by atoms with Gasteiger partial charge in [-0.15, -0.1) is 0 Å². The van der Waals surface area contributed by atoms with E-state index in [1.54, 1.807) is 24.1 Å². The molecule has 2 amide bonds. The van der Waals surface area contributed by atoms with Crippen LogP contribution < -0.4 is 14.8 Å². The van der Waals surface area contributed by atoms with Crippen molar-refractivity contribution in [3.8, 4) is 11.5 Å². The molecular formula is C24H31BrN2O4. The standard InChI is InChI=1S/C24H31BrN2O4/c1-5-17(3)26-24(29)22(6-2)27(15-18-7-11-20(30-4)12-8-18)23(28)16-31-21-13-9-19(25)10-14-21/h7-14,17,22H,5-6,15-16H2,1-4H3,(H,26,29)/t17-,22-/m0/s1. The molecule has 7 heteroatoms. The smallest absolute Gasteiger partial charge is 0.261 e. The molecule has 0 aliphatic heterocycles. The molecule has 2 aromatic rings. The Balaban J connectivity index is 2.20. The van der Waals surface area contributed by atoms with Crippen LogP contribution in [0.2, 0.25) is 0 Å². The fourth-order valence-corrected chi connectivity index (χ4v) is 3.31. The summed E-state index contributed by atoms with van der Waals surface area (Å²) >= 11 is 3.38. The predicted molar refractivity (Wildman–Crippen MR) is 125 cm³/mol. The zero-order valence-electron chi connectivity index (χ0n) is 18.6. The fraction of sp³-hybridized carbons (Fsp3) is 0.417. The lowest BCUT2D eigenvalue weighted by molar-refractivity contribution is -0.143. The second-order valence-corrected chi connectivity index (χ2v) is 8.27. The molecule has 2 aromatic carbocycles. The molecule has 0 spiro atoms. The Kier molecular flexibility index (Phi) is 9.85. The molecule has 2 atom stereocenters. The largest absolute Gasteiger partial charge is 0.497 e. The van der Waals surface area contributed by atoms with Crippen molar-refractivity contribution in [2.45, 2.75) is 52.2 Å². The summed E-state index contributed by atoms with van der Waals surface area (Å²) < 4.78 is 11.8. The van der Waals surface area contributed by atoms with E-state index >= 15 is 0 Å². The van der Waals surface area contributed by atoms with Crippen molar-refractivity contribution >= 4 is 27.7 Å². The first-order valence-corrected chi connectivity index (χ1v) is 11.3. The summed E-state index contributed by atoms with van der Waals surface area (Å²) in [6.45, 7) is 6.03. The summed E-state index contributed by atoms with van der Waals surface area (Å²) in [6, 6.07) is 14.2. The van der Waals surface area contributed by atoms with E-state index in [0.717, 1.165) is 22.2 Å². The van der Waals surface area contributed by atoms with Gasteiger partial charge in [-0.25, -0.2) is 0 Å². The second-order valence-electron chi connectivity index (χ2n) is 7.35. The number of rotatable bonds is 11. The number of nitrogens with zero attached hydrogens (tertiary/aromatic N) is 1. The van der Waals surface area contributed by atoms with Crippen LogP contribution in [0.15, 0.2) is 53.0 Å². The van der Waals surface area contributed by atoms with Gasteiger partial charge in [0.15, 0.2) is 6.61 Å². The zero-order valence-corrected chi connectivity index (χ0v) is 20.1. The van der Waals surface area contributed by atoms with Gasteiger partial charge in [0.05, 0.1) is 7.11 Å². The minimum absolute atomic E-state index is 0.0403. The molecule has 31 heavy (non-hydrogen) atoms. The van der Waals surface area contributed by atoms with Crippen molar-refractivity contribution in [2.24, 2.45) is 0 Å². The minimum Gasteiger partial charge on any atom is -0.497 e. The maximum atomic E-state index is 13.2. The van der Waals surface area contributed by atoms with Crippen molar-refractivity contribution in [1.29, 1.82) is 0 Å². The quantitative estimate of drug-likeness (QED) is 0.501. The Morgan fingerprint density at radius 1 is 1.00 bits per heavy atom. The summed E-state index contributed by atoms with van der Waals surface area (Å²) in [5.41, 5.74) is 0.910. The molecular weight excluding hydrogens is 460 g/mol. The minimum atomic E-state index is -0.586. The number of amides is 2. The lowest BCUT2D eigenvalue weighted by Gasteiger charge is -2.31. The van der Waals surface area contributed by atoms with Gasteiger partial charge in [-0.05, 0) is 61.7 Å². The Morgan fingerprint density at radius 2 is 1.61 bits per heavy atom. The molecule has 0 aliphatic carbocycles. The monoisotopic (exact) mass is 490 g/mol. The van der Waals surface area contributed by atoms with E-state index < -0.39 is 6.04 Å². The van der Waals surface area contributed by atoms with Crippen LogP contribution in [0.5, 0.6) is 11.5 Å². The van der Waals surface area contributed by atoms with Gasteiger partial charge in [0.1, 0.15) is 17.5 Å². The van der Waals surface area contributed by atoms with Crippen molar-refractivity contribution in [1.82, 2.24) is 10.2 Å². The molecule has 0 saturated heterocycles. The molecule has 0 aromatic heterocycles. The van der Waals surface area contributed by atoms with E-state index in [0.29, 0.717) is 18.7 Å². The predicted octanol–water partition coefficient (Wildman–Crippen LogP) is 4.56. The second kappa shape index (κ2) is 12.3. The van der Waals surface area contributed by atoms with Crippen molar-refractivity contribution in [3.05, 3.63) is 58.6 Å². The highest BCUT2D eigenvalue weighted by Gasteiger charge is 2.29. The van der Waals surface area contributed by atoms with Gasteiger partial charge in [-0.3, -0.25) is 9.59 Å². The first-order chi connectivity index (χ1) is 14.9. The molecule has 1 N–H and O–H groups in total. The first kappa shape index (κ1) is 24.7. The van der Waals surface area contributed by atoms with E-state index in [4.69, 9.17) is 9.47 Å². The van der Waals surface area contributed by atoms with Crippen LogP contribution in [0, 0.1) is 0 Å². The summed E-state index contributed by atoms with van der Waals surface area (Å²) in [5.74, 6) is 0.937. The average molecular weight is 491 g/mol. The molecule has 0 unspecified atom stereocenters. The summed E-state index contributed by atoms with van der Waals surface area (Å²) in [4.78, 5) is 27.7. The van der Waals surface area contributed by atoms with Gasteiger partial charge in [0.2, 0.25) is 5.91 Å². The number of methoxy groups -OCH3 is 1. The average Bonchev–Trinajstić information content (AvgIpc) is 2.78. The van der Waals surface area contributed by atoms with Crippen LogP contribution in [0.3, 0.4) is 0 Å². The summed E-state index contributed by atoms with van der Waals surface area (Å²) in [6.07, 6.45) is 1.32. The topological polar surface area (TPSA) is 67.9 Å². The van der Waals surface area contributed by atoms with E-state index in [1.165, 1.54) is 0 Å². The third-order valence-electron chi connectivity index (χ3n) is 5.07. The van der Waals surface area contributed by atoms with E-state index in [2.05, 4.69) is 21.2 Å². The van der Waals surface area contributed by atoms with Gasteiger partial charge in [-0.2, -0.15) is 0 Å². The maximum Gasteiger partial charge on any atom is 0.261 e. The zero-order chi connectivity index (χ0) is 22.8. The lowest BCUT2D eigenvalue weighted by atomic mass is 10.1. The number of benzene rings is 2. The Morgan fingerprint density at radius 3 is 2.16 bits per heavy atom. The van der Waals surface area contributed by atoms with Crippen LogP contribution in [0.25, 0.3) is 0 Å². The molecule has 168 valence electrons. The van der Waals surface area contributed by atoms with E-state index in [-0.39, 0.29) is 24.5 Å². The fourth-order valence-electron chi connectivity index (χ4n) is 3.05. The third-order valence-corrected chi connectivity index (χ3v) is 5.60. The molecule has 0 bridgehead atoms. The Bertz CT molecular complexity index is 840. The van der Waals surface area contributed by atoms with Crippen LogP contribution in [0.1, 0.15) is 39.2 Å². The SMILES string of the molecule is CC[C@H](C)NC(=O)[C@H](CC)N(Cc1ccc(OC)cc1)C(=O)COc1ccc(Br)cc1. The number of halogens is 1. The molecule has 6 nitrogen and oxygen atoms in total. The lowest BCUT2D eigenvalue weighted by Crippen LogP contribution is -2.51. The highest BCUT2D eigenvalue weighted by molar-refractivity contribution is 9.10. The number of nitrogens with one attached hydrogen (secondary N) is 1. The molecule has 0 heterocycles. The number of carbonyl (C=O) groups is 2. The first-order valence-electron chi connectivity index (χ1n) is 10.5. The molecule has 0 radical (unpaired) electrons. The highest BCUT2D eigenvalue weighted by atomic mass is 79.9. The van der Waals surface area contributed by atoms with Gasteiger partial charge >= 0.3 is 0 Å². The van der Waals surface area contributed by atoms with Gasteiger partial charge < -0.3 is 19.7 Å². The molecule has 0 fully saturated rings. The van der Waals surface area contributed by atoms with Crippen molar-refractivity contribution in [3.63, 3.8) is 0 Å². The van der Waals surface area contributed by atoms with Crippen molar-refractivity contribution in [2.75, 3.05) is 13.7 Å². The maximum absolute atomic E-state index is 13.2. The molecule has 0 saturated carbocycles. The number of hydrogen-bond acceptors (Lipinski definition) is 4. The van der Waals surface area contributed by atoms with Crippen LogP contribution in [-0.2, 0) is 16.1 Å². The summed E-state index contributed by atoms with van der Waals surface area (Å²) in [5, 5.41) is 3.00. The van der Waals surface area contributed by atoms with Crippen LogP contribution in [-0.4, -0.2) is 42.5 Å². The Labute approximate surface area is 193 Å². The van der Waals surface area contributed by atoms with Gasteiger partial charge in [0, 0.05) is 17.1 Å². The number of hydrogen-bond donors (Lipinski definition) is 1. The van der Waals surface area contributed by atoms with Crippen molar-refractivity contribution < 1.29 is 19.1 Å². The van der Waals surface area contributed by atoms with Crippen LogP contribution >= 0.6 is 15.9 Å². The highest BCUT2D eigenvalue weighted by Crippen LogP contribution is 2.19. The summed E-state index contributed by atoms with van der Waals surface area (Å²) in [7, 11) is 1.61. The van der Waals surface area contributed by atoms with Crippen LogP contribution in [0.4, 0.5) is 0 Å². The van der Waals surface area contributed by atoms with E-state index in [1.807, 2.05) is 57.2 Å². The number of carbonyl (C=O) groups excluding carboxylic acids is 2. The number of ether oxygens (including phenoxy) is 2. The van der Waals surface area contributed by atoms with E-state index in [9.17, 15) is 9.59 Å². The molecule has 2 rings (SSSR count). The Hall–Kier alpha value is -2.54. The van der Waals surface area contributed by atoms with Gasteiger partial charge in [-0.1, -0.05) is 41.9 Å². The van der Waals surface area contributed by atoms with Gasteiger partial charge in [0.25, 0.3) is 5.91 Å². The molecule has 0 aliphatic rings. The normalized spacial score (nSPS) is 12.5. The third kappa shape index (κ3) is 7.58.